The number of benzene rings is 2. The summed E-state index contributed by atoms with van der Waals surface area (Å²) < 4.78 is 19.1. The average Bonchev–Trinajstić information content (AvgIpc) is 2.42. The van der Waals surface area contributed by atoms with Gasteiger partial charge in [-0.15, -0.1) is 0 Å². The van der Waals surface area contributed by atoms with Crippen LogP contribution in [0.25, 0.3) is 0 Å². The molecular weight excluding hydrogens is 261 g/mol. The van der Waals surface area contributed by atoms with Gasteiger partial charge in [0.05, 0.1) is 17.2 Å². The number of carbonyl (C=O) groups is 1. The zero-order valence-corrected chi connectivity index (χ0v) is 10.6. The zero-order chi connectivity index (χ0) is 14.7. The van der Waals surface area contributed by atoms with Crippen LogP contribution in [-0.4, -0.2) is 11.1 Å². The van der Waals surface area contributed by atoms with Crippen LogP contribution in [0.3, 0.4) is 0 Å². The number of rotatable bonds is 3. The molecule has 0 atom stereocenters. The maximum Gasteiger partial charge on any atom is 0.335 e. The number of hydrogen-bond donors (Lipinski definition) is 1. The summed E-state index contributed by atoms with van der Waals surface area (Å²) in [7, 11) is 0. The van der Waals surface area contributed by atoms with E-state index in [1.54, 1.807) is 13.0 Å². The normalized spacial score (nSPS) is 9.85. The minimum atomic E-state index is -1.09. The molecule has 0 aliphatic heterocycles. The topological polar surface area (TPSA) is 70.3 Å². The Bertz CT molecular complexity index is 720. The van der Waals surface area contributed by atoms with Gasteiger partial charge >= 0.3 is 5.97 Å². The summed E-state index contributed by atoms with van der Waals surface area (Å²) in [6.45, 7) is 1.72. The second-order valence-electron chi connectivity index (χ2n) is 4.14. The van der Waals surface area contributed by atoms with E-state index >= 15 is 0 Å². The summed E-state index contributed by atoms with van der Waals surface area (Å²) in [5, 5.41) is 17.6. The van der Waals surface area contributed by atoms with Crippen molar-refractivity contribution >= 4 is 5.97 Å². The Morgan fingerprint density at radius 1 is 1.25 bits per heavy atom. The van der Waals surface area contributed by atoms with Crippen molar-refractivity contribution in [2.24, 2.45) is 0 Å². The Labute approximate surface area is 114 Å². The number of hydrogen-bond acceptors (Lipinski definition) is 3. The van der Waals surface area contributed by atoms with Crippen molar-refractivity contribution in [2.75, 3.05) is 0 Å². The van der Waals surface area contributed by atoms with Gasteiger partial charge in [0.2, 0.25) is 0 Å². The number of ether oxygens (including phenoxy) is 1. The number of aryl methyl sites for hydroxylation is 1. The Kier molecular flexibility index (Phi) is 3.67. The summed E-state index contributed by atoms with van der Waals surface area (Å²) in [4.78, 5) is 10.9. The lowest BCUT2D eigenvalue weighted by Crippen LogP contribution is -1.98. The molecule has 0 saturated heterocycles. The zero-order valence-electron chi connectivity index (χ0n) is 10.6. The standard InChI is InChI=1S/C15H10FNO3/c1-9-2-4-11(15(18)19)7-14(9)20-13-5-3-10(8-17)6-12(13)16/h2-7H,1H3,(H,18,19). The first kappa shape index (κ1) is 13.6. The molecule has 2 rings (SSSR count). The highest BCUT2D eigenvalue weighted by molar-refractivity contribution is 5.88. The van der Waals surface area contributed by atoms with E-state index in [0.717, 1.165) is 6.07 Å². The van der Waals surface area contributed by atoms with E-state index in [2.05, 4.69) is 0 Å². The Morgan fingerprint density at radius 3 is 2.60 bits per heavy atom. The van der Waals surface area contributed by atoms with E-state index in [0.29, 0.717) is 5.56 Å². The lowest BCUT2D eigenvalue weighted by Gasteiger charge is -2.10. The molecule has 0 unspecified atom stereocenters. The van der Waals surface area contributed by atoms with Gasteiger partial charge in [-0.1, -0.05) is 6.07 Å². The van der Waals surface area contributed by atoms with Gasteiger partial charge < -0.3 is 9.84 Å². The average molecular weight is 271 g/mol. The van der Waals surface area contributed by atoms with Gasteiger partial charge in [0.25, 0.3) is 0 Å². The Hall–Kier alpha value is -2.87. The van der Waals surface area contributed by atoms with Crippen molar-refractivity contribution < 1.29 is 19.0 Å². The van der Waals surface area contributed by atoms with Crippen LogP contribution in [0.4, 0.5) is 4.39 Å². The van der Waals surface area contributed by atoms with Gasteiger partial charge in [-0.05, 0) is 42.8 Å². The molecule has 0 aromatic heterocycles. The summed E-state index contributed by atoms with van der Waals surface area (Å²) in [6, 6.07) is 10.00. The summed E-state index contributed by atoms with van der Waals surface area (Å²) in [6.07, 6.45) is 0. The molecule has 20 heavy (non-hydrogen) atoms. The second-order valence-corrected chi connectivity index (χ2v) is 4.14. The molecule has 0 spiro atoms. The van der Waals surface area contributed by atoms with E-state index in [1.165, 1.54) is 24.3 Å². The first-order valence-corrected chi connectivity index (χ1v) is 5.72. The van der Waals surface area contributed by atoms with Crippen LogP contribution in [0.2, 0.25) is 0 Å². The van der Waals surface area contributed by atoms with Crippen molar-refractivity contribution in [3.05, 3.63) is 58.9 Å². The third-order valence-corrected chi connectivity index (χ3v) is 2.72. The molecular formula is C15H10FNO3. The summed E-state index contributed by atoms with van der Waals surface area (Å²) >= 11 is 0. The molecule has 0 bridgehead atoms. The molecule has 2 aromatic carbocycles. The van der Waals surface area contributed by atoms with E-state index in [1.807, 2.05) is 6.07 Å². The number of nitrogens with zero attached hydrogens (tertiary/aromatic N) is 1. The lowest BCUT2D eigenvalue weighted by molar-refractivity contribution is 0.0696. The molecule has 100 valence electrons. The molecule has 5 heteroatoms. The van der Waals surface area contributed by atoms with Crippen LogP contribution in [-0.2, 0) is 0 Å². The van der Waals surface area contributed by atoms with Gasteiger partial charge in [-0.3, -0.25) is 0 Å². The monoisotopic (exact) mass is 271 g/mol. The van der Waals surface area contributed by atoms with Crippen LogP contribution >= 0.6 is 0 Å². The molecule has 2 aromatic rings. The fourth-order valence-electron chi connectivity index (χ4n) is 1.61. The van der Waals surface area contributed by atoms with E-state index in [9.17, 15) is 9.18 Å². The maximum atomic E-state index is 13.7. The lowest BCUT2D eigenvalue weighted by atomic mass is 10.1. The van der Waals surface area contributed by atoms with Crippen LogP contribution in [0, 0.1) is 24.1 Å². The Morgan fingerprint density at radius 2 is 2.00 bits per heavy atom. The van der Waals surface area contributed by atoms with Crippen molar-refractivity contribution in [1.82, 2.24) is 0 Å². The number of nitriles is 1. The third-order valence-electron chi connectivity index (χ3n) is 2.72. The van der Waals surface area contributed by atoms with Gasteiger partial charge in [0.15, 0.2) is 11.6 Å². The van der Waals surface area contributed by atoms with Gasteiger partial charge in [0.1, 0.15) is 5.75 Å². The largest absolute Gasteiger partial charge is 0.478 e. The number of carboxylic acids is 1. The minimum absolute atomic E-state index is 0.0552. The molecule has 0 aliphatic carbocycles. The molecule has 0 heterocycles. The number of aromatic carboxylic acids is 1. The van der Waals surface area contributed by atoms with Gasteiger partial charge in [-0.25, -0.2) is 9.18 Å². The molecule has 0 amide bonds. The van der Waals surface area contributed by atoms with Crippen LogP contribution in [0.1, 0.15) is 21.5 Å². The molecule has 4 nitrogen and oxygen atoms in total. The van der Waals surface area contributed by atoms with Crippen molar-refractivity contribution in [2.45, 2.75) is 6.92 Å². The number of carboxylic acid groups (broad SMARTS) is 1. The Balaban J connectivity index is 2.37. The highest BCUT2D eigenvalue weighted by atomic mass is 19.1. The van der Waals surface area contributed by atoms with E-state index in [4.69, 9.17) is 15.1 Å². The smallest absolute Gasteiger partial charge is 0.335 e. The third kappa shape index (κ3) is 2.75. The predicted molar refractivity (Wildman–Crippen MR) is 69.3 cm³/mol. The summed E-state index contributed by atoms with van der Waals surface area (Å²) in [5.74, 6) is -1.57. The molecule has 0 fully saturated rings. The SMILES string of the molecule is Cc1ccc(C(=O)O)cc1Oc1ccc(C#N)cc1F. The van der Waals surface area contributed by atoms with Crippen LogP contribution in [0.15, 0.2) is 36.4 Å². The van der Waals surface area contributed by atoms with Crippen LogP contribution < -0.4 is 4.74 Å². The first-order valence-electron chi connectivity index (χ1n) is 5.72. The highest BCUT2D eigenvalue weighted by Gasteiger charge is 2.11. The quantitative estimate of drug-likeness (QED) is 0.927. The highest BCUT2D eigenvalue weighted by Crippen LogP contribution is 2.28. The fraction of sp³-hybridized carbons (Fsp3) is 0.0667. The first-order chi connectivity index (χ1) is 9.51. The molecule has 0 radical (unpaired) electrons. The van der Waals surface area contributed by atoms with E-state index in [-0.39, 0.29) is 22.6 Å². The fourth-order valence-corrected chi connectivity index (χ4v) is 1.61. The van der Waals surface area contributed by atoms with Crippen molar-refractivity contribution in [3.8, 4) is 17.6 Å². The van der Waals surface area contributed by atoms with Crippen molar-refractivity contribution in [1.29, 1.82) is 5.26 Å². The minimum Gasteiger partial charge on any atom is -0.478 e. The molecule has 0 aliphatic rings. The molecule has 1 N–H and O–H groups in total. The van der Waals surface area contributed by atoms with Crippen molar-refractivity contribution in [3.63, 3.8) is 0 Å². The maximum absolute atomic E-state index is 13.7. The summed E-state index contributed by atoms with van der Waals surface area (Å²) in [5.41, 5.74) is 0.921. The molecule has 0 saturated carbocycles. The number of halogens is 1. The van der Waals surface area contributed by atoms with Gasteiger partial charge in [0, 0.05) is 0 Å². The van der Waals surface area contributed by atoms with E-state index < -0.39 is 11.8 Å². The second kappa shape index (κ2) is 5.41. The predicted octanol–water partition coefficient (Wildman–Crippen LogP) is 3.50. The van der Waals surface area contributed by atoms with Crippen LogP contribution in [0.5, 0.6) is 11.5 Å². The van der Waals surface area contributed by atoms with Gasteiger partial charge in [-0.2, -0.15) is 5.26 Å².